The van der Waals surface area contributed by atoms with Crippen molar-refractivity contribution in [3.8, 4) is 0 Å². The van der Waals surface area contributed by atoms with Gasteiger partial charge in [-0.25, -0.2) is 4.79 Å². The molecule has 1 aliphatic heterocycles. The Hall–Kier alpha value is -2.65. The number of esters is 1. The molecule has 5 saturated carbocycles. The molecule has 7 rings (SSSR count). The molecule has 6 fully saturated rings. The maximum absolute atomic E-state index is 13.9. The molecule has 1 amide bonds. The van der Waals surface area contributed by atoms with E-state index in [0.717, 1.165) is 6.42 Å². The highest BCUT2D eigenvalue weighted by Crippen LogP contribution is 2.80. The zero-order chi connectivity index (χ0) is 36.0. The van der Waals surface area contributed by atoms with E-state index in [1.165, 1.54) is 6.92 Å². The molecule has 1 spiro atoms. The number of likely N-dealkylation sites (tertiary alicyclic amines) is 1. The van der Waals surface area contributed by atoms with Crippen LogP contribution in [0.4, 0.5) is 5.69 Å². The monoisotopic (exact) mass is 700 g/mol. The first-order valence-corrected chi connectivity index (χ1v) is 17.9. The molecule has 50 heavy (non-hydrogen) atoms. The number of piperidine rings is 1. The van der Waals surface area contributed by atoms with Gasteiger partial charge in [-0.3, -0.25) is 14.5 Å². The van der Waals surface area contributed by atoms with E-state index < -0.39 is 57.9 Å². The number of carboxylic acids is 1. The van der Waals surface area contributed by atoms with Gasteiger partial charge in [0, 0.05) is 75.9 Å². The lowest BCUT2D eigenvalue weighted by Crippen LogP contribution is -2.82. The van der Waals surface area contributed by atoms with E-state index in [0.29, 0.717) is 25.9 Å². The van der Waals surface area contributed by atoms with Crippen LogP contribution in [0.25, 0.3) is 0 Å². The van der Waals surface area contributed by atoms with Gasteiger partial charge in [0.15, 0.2) is 0 Å². The van der Waals surface area contributed by atoms with Gasteiger partial charge in [0.05, 0.1) is 54.7 Å². The van der Waals surface area contributed by atoms with Gasteiger partial charge in [-0.05, 0) is 43.9 Å². The SMILES string of the molecule is CCN1C[C@]2(COC(=O)c3ccccc3NC(=O)[C@@H](C)CC(=O)O)CC[C@H](OC)[C@]34[C@@H]5C[C@H]6[C@H](OC)[C@@H]5[C@](O)(C[C@H]6OC)[C@](O)([C@H]13)[C@@H](OC)[C@H]24. The van der Waals surface area contributed by atoms with Crippen LogP contribution in [0.3, 0.4) is 0 Å². The van der Waals surface area contributed by atoms with E-state index in [1.807, 2.05) is 0 Å². The number of carboxylic acid groups (broad SMARTS) is 1. The maximum atomic E-state index is 13.9. The fraction of sp³-hybridized carbons (Fsp3) is 0.757. The number of likely N-dealkylation sites (N-methyl/N-ethyl adjacent to an activating group) is 1. The topological polar surface area (TPSA) is 173 Å². The van der Waals surface area contributed by atoms with Crippen LogP contribution in [0.2, 0.25) is 0 Å². The van der Waals surface area contributed by atoms with Gasteiger partial charge in [-0.2, -0.15) is 0 Å². The minimum Gasteiger partial charge on any atom is -0.481 e. The van der Waals surface area contributed by atoms with Gasteiger partial charge >= 0.3 is 11.9 Å². The molecule has 6 aliphatic rings. The van der Waals surface area contributed by atoms with Crippen molar-refractivity contribution in [2.75, 3.05) is 53.5 Å². The summed E-state index contributed by atoms with van der Waals surface area (Å²) < 4.78 is 31.3. The van der Waals surface area contributed by atoms with Gasteiger partial charge in [0.1, 0.15) is 11.2 Å². The number of fused-ring (bicyclic) bond motifs is 2. The van der Waals surface area contributed by atoms with Crippen LogP contribution in [0, 0.1) is 40.4 Å². The maximum Gasteiger partial charge on any atom is 0.340 e. The molecule has 0 radical (unpaired) electrons. The van der Waals surface area contributed by atoms with Crippen LogP contribution in [0.5, 0.6) is 0 Å². The molecular weight excluding hydrogens is 648 g/mol. The molecule has 4 N–H and O–H groups in total. The number of carbonyl (C=O) groups is 3. The number of anilines is 1. The predicted molar refractivity (Wildman–Crippen MR) is 178 cm³/mol. The summed E-state index contributed by atoms with van der Waals surface area (Å²) in [5.41, 5.74) is -4.20. The van der Waals surface area contributed by atoms with Crippen molar-refractivity contribution >= 4 is 23.5 Å². The average molecular weight is 701 g/mol. The molecule has 1 aromatic rings. The molecule has 14 atom stereocenters. The number of nitrogens with zero attached hydrogens (tertiary/aromatic N) is 1. The largest absolute Gasteiger partial charge is 0.481 e. The van der Waals surface area contributed by atoms with Crippen LogP contribution in [-0.2, 0) is 33.3 Å². The molecule has 1 saturated heterocycles. The van der Waals surface area contributed by atoms with Crippen molar-refractivity contribution in [1.29, 1.82) is 0 Å². The van der Waals surface area contributed by atoms with Crippen LogP contribution >= 0.6 is 0 Å². The standard InChI is InChI=1S/C37H52N2O11/c1-7-39-17-34(18-50-32(43)20-10-8-9-11-23(20)38-31(42)19(2)14-26(40)41)13-12-25(47-4)36-22-15-21-24(46-3)16-35(44,27(22)28(21)48-5)37(45,33(36)39)30(49-6)29(34)36/h8-11,19,21-22,24-25,27-30,33,44-45H,7,12-18H2,1-6H3,(H,38,42)(H,40,41)/t19-,21+,22+,24+,25-,27+,28-,29+,30-,33+,34-,35+,36-,37+/m0/s1. The number of hydrogen-bond acceptors (Lipinski definition) is 11. The lowest BCUT2D eigenvalue weighted by molar-refractivity contribution is -0.320. The van der Waals surface area contributed by atoms with Crippen molar-refractivity contribution < 1.29 is 53.4 Å². The summed E-state index contributed by atoms with van der Waals surface area (Å²) in [6.45, 7) is 4.72. The van der Waals surface area contributed by atoms with E-state index in [-0.39, 0.29) is 72.7 Å². The summed E-state index contributed by atoms with van der Waals surface area (Å²) in [5, 5.41) is 38.4. The summed E-state index contributed by atoms with van der Waals surface area (Å²) in [4.78, 5) is 40.2. The molecule has 0 aromatic heterocycles. The highest BCUT2D eigenvalue weighted by atomic mass is 16.5. The first-order valence-electron chi connectivity index (χ1n) is 17.9. The van der Waals surface area contributed by atoms with Crippen molar-refractivity contribution in [2.45, 2.75) is 87.6 Å². The molecule has 13 heteroatoms. The Morgan fingerprint density at radius 2 is 1.80 bits per heavy atom. The Kier molecular flexibility index (Phi) is 8.93. The number of benzene rings is 1. The number of hydrogen-bond donors (Lipinski definition) is 4. The second-order valence-corrected chi connectivity index (χ2v) is 15.8. The van der Waals surface area contributed by atoms with Crippen LogP contribution in [-0.4, -0.2) is 128 Å². The molecule has 5 aliphatic carbocycles. The summed E-state index contributed by atoms with van der Waals surface area (Å²) in [5.74, 6) is -3.79. The zero-order valence-electron chi connectivity index (χ0n) is 29.8. The minimum absolute atomic E-state index is 0.0270. The van der Waals surface area contributed by atoms with Crippen molar-refractivity contribution in [2.24, 2.45) is 40.4 Å². The number of amides is 1. The summed E-state index contributed by atoms with van der Waals surface area (Å²) >= 11 is 0. The summed E-state index contributed by atoms with van der Waals surface area (Å²) in [6, 6.07) is 6.05. The molecule has 0 unspecified atom stereocenters. The summed E-state index contributed by atoms with van der Waals surface area (Å²) in [7, 11) is 6.66. The molecule has 13 nitrogen and oxygen atoms in total. The highest BCUT2D eigenvalue weighted by Gasteiger charge is 2.91. The number of para-hydroxylation sites is 1. The summed E-state index contributed by atoms with van der Waals surface area (Å²) in [6.07, 6.45) is 0.295. The van der Waals surface area contributed by atoms with Crippen molar-refractivity contribution in [1.82, 2.24) is 4.90 Å². The fourth-order valence-electron chi connectivity index (χ4n) is 12.7. The second-order valence-electron chi connectivity index (χ2n) is 15.8. The van der Waals surface area contributed by atoms with E-state index >= 15 is 0 Å². The van der Waals surface area contributed by atoms with Gasteiger partial charge < -0.3 is 44.3 Å². The number of ether oxygens (including phenoxy) is 5. The number of carbonyl (C=O) groups excluding carboxylic acids is 2. The number of methoxy groups -OCH3 is 4. The van der Waals surface area contributed by atoms with Crippen molar-refractivity contribution in [3.05, 3.63) is 29.8 Å². The van der Waals surface area contributed by atoms with Gasteiger partial charge in [0.25, 0.3) is 0 Å². The predicted octanol–water partition coefficient (Wildman–Crippen LogP) is 2.19. The van der Waals surface area contributed by atoms with E-state index in [1.54, 1.807) is 52.7 Å². The fourth-order valence-corrected chi connectivity index (χ4v) is 12.7. The zero-order valence-corrected chi connectivity index (χ0v) is 29.8. The normalized spacial score (nSPS) is 44.4. The quantitative estimate of drug-likeness (QED) is 0.235. The van der Waals surface area contributed by atoms with E-state index in [4.69, 9.17) is 28.8 Å². The van der Waals surface area contributed by atoms with Crippen LogP contribution in [0.1, 0.15) is 56.3 Å². The minimum atomic E-state index is -1.71. The third-order valence-corrected chi connectivity index (χ3v) is 14.1. The lowest BCUT2D eigenvalue weighted by Gasteiger charge is -2.70. The van der Waals surface area contributed by atoms with Crippen molar-refractivity contribution in [3.63, 3.8) is 0 Å². The molecule has 1 heterocycles. The Bertz CT molecular complexity index is 1530. The molecule has 1 aromatic carbocycles. The average Bonchev–Trinajstić information content (AvgIpc) is 3.52. The Labute approximate surface area is 292 Å². The van der Waals surface area contributed by atoms with Gasteiger partial charge in [-0.15, -0.1) is 0 Å². The third-order valence-electron chi connectivity index (χ3n) is 14.1. The van der Waals surface area contributed by atoms with Crippen LogP contribution < -0.4 is 5.32 Å². The smallest absolute Gasteiger partial charge is 0.340 e. The van der Waals surface area contributed by atoms with Crippen LogP contribution in [0.15, 0.2) is 24.3 Å². The number of rotatable bonds is 12. The number of aliphatic carboxylic acids is 1. The van der Waals surface area contributed by atoms with Gasteiger partial charge in [0.2, 0.25) is 5.91 Å². The van der Waals surface area contributed by atoms with Gasteiger partial charge in [-0.1, -0.05) is 26.0 Å². The molecular formula is C37H52N2O11. The van der Waals surface area contributed by atoms with E-state index in [9.17, 15) is 24.6 Å². The Balaban J connectivity index is 1.29. The third kappa shape index (κ3) is 4.46. The molecule has 7 bridgehead atoms. The second kappa shape index (κ2) is 12.5. The first kappa shape index (κ1) is 35.7. The Morgan fingerprint density at radius 3 is 2.44 bits per heavy atom. The number of aliphatic hydroxyl groups is 2. The molecule has 276 valence electrons. The first-order chi connectivity index (χ1) is 23.8. The highest BCUT2D eigenvalue weighted by molar-refractivity contribution is 6.02. The lowest BCUT2D eigenvalue weighted by atomic mass is 9.42. The van der Waals surface area contributed by atoms with E-state index in [2.05, 4.69) is 17.1 Å². The number of nitrogens with one attached hydrogen (secondary N) is 1. The Morgan fingerprint density at radius 1 is 1.06 bits per heavy atom.